The Labute approximate surface area is 131 Å². The molecule has 0 saturated carbocycles. The summed E-state index contributed by atoms with van der Waals surface area (Å²) in [5.41, 5.74) is 1.55. The van der Waals surface area contributed by atoms with Gasteiger partial charge in [-0.05, 0) is 50.7 Å². The largest absolute Gasteiger partial charge is 0.360 e. The Morgan fingerprint density at radius 1 is 1.38 bits per heavy atom. The van der Waals surface area contributed by atoms with Gasteiger partial charge in [-0.2, -0.15) is 0 Å². The molecular formula is C16H23N3OS. The normalized spacial score (nSPS) is 16.5. The van der Waals surface area contributed by atoms with Crippen LogP contribution in [0.1, 0.15) is 37.0 Å². The fraction of sp³-hybridized carbons (Fsp3) is 0.500. The van der Waals surface area contributed by atoms with E-state index in [0.717, 1.165) is 38.2 Å². The van der Waals surface area contributed by atoms with Crippen LogP contribution in [0.5, 0.6) is 0 Å². The van der Waals surface area contributed by atoms with E-state index in [9.17, 15) is 4.79 Å². The molecule has 0 unspecified atom stereocenters. The number of nitrogens with zero attached hydrogens (tertiary/aromatic N) is 1. The maximum atomic E-state index is 11.4. The van der Waals surface area contributed by atoms with Gasteiger partial charge in [0.2, 0.25) is 0 Å². The molecular weight excluding hydrogens is 282 g/mol. The molecule has 0 aromatic heterocycles. The van der Waals surface area contributed by atoms with Crippen molar-refractivity contribution in [3.63, 3.8) is 0 Å². The highest BCUT2D eigenvalue weighted by molar-refractivity contribution is 7.80. The molecule has 2 N–H and O–H groups in total. The summed E-state index contributed by atoms with van der Waals surface area (Å²) in [6.45, 7) is 7.12. The third kappa shape index (κ3) is 4.79. The molecule has 2 rings (SSSR count). The topological polar surface area (TPSA) is 44.4 Å². The number of benzene rings is 1. The van der Waals surface area contributed by atoms with E-state index in [1.807, 2.05) is 24.3 Å². The van der Waals surface area contributed by atoms with E-state index in [1.54, 1.807) is 6.92 Å². The predicted molar refractivity (Wildman–Crippen MR) is 90.9 cm³/mol. The molecule has 0 bridgehead atoms. The van der Waals surface area contributed by atoms with Crippen LogP contribution in [-0.2, 0) is 0 Å². The molecule has 0 amide bonds. The summed E-state index contributed by atoms with van der Waals surface area (Å²) in [6, 6.07) is 7.85. The molecule has 5 heteroatoms. The Morgan fingerprint density at radius 2 is 2.10 bits per heavy atom. The zero-order valence-electron chi connectivity index (χ0n) is 12.7. The Balaban J connectivity index is 1.85. The van der Waals surface area contributed by atoms with Gasteiger partial charge in [-0.15, -0.1) is 0 Å². The second-order valence-corrected chi connectivity index (χ2v) is 5.85. The van der Waals surface area contributed by atoms with Gasteiger partial charge < -0.3 is 15.5 Å². The summed E-state index contributed by atoms with van der Waals surface area (Å²) in [6.07, 6.45) is 2.23. The van der Waals surface area contributed by atoms with Gasteiger partial charge in [-0.1, -0.05) is 19.1 Å². The molecule has 0 atom stereocenters. The molecule has 1 fully saturated rings. The van der Waals surface area contributed by atoms with Crippen LogP contribution in [0.2, 0.25) is 0 Å². The van der Waals surface area contributed by atoms with Gasteiger partial charge in [0.05, 0.1) is 0 Å². The first-order chi connectivity index (χ1) is 10.1. The van der Waals surface area contributed by atoms with Crippen LogP contribution in [0.15, 0.2) is 24.3 Å². The smallest absolute Gasteiger partial charge is 0.170 e. The predicted octanol–water partition coefficient (Wildman–Crippen LogP) is 2.66. The lowest BCUT2D eigenvalue weighted by Crippen LogP contribution is -2.45. The van der Waals surface area contributed by atoms with Crippen molar-refractivity contribution in [2.45, 2.75) is 32.7 Å². The highest BCUT2D eigenvalue weighted by atomic mass is 32.1. The van der Waals surface area contributed by atoms with Crippen LogP contribution in [0.25, 0.3) is 0 Å². The first kappa shape index (κ1) is 15.9. The van der Waals surface area contributed by atoms with Gasteiger partial charge in [-0.3, -0.25) is 4.79 Å². The molecule has 114 valence electrons. The van der Waals surface area contributed by atoms with Gasteiger partial charge in [0, 0.05) is 30.4 Å². The number of piperidine rings is 1. The number of anilines is 1. The lowest BCUT2D eigenvalue weighted by Gasteiger charge is -2.32. The van der Waals surface area contributed by atoms with Crippen LogP contribution >= 0.6 is 12.2 Å². The van der Waals surface area contributed by atoms with E-state index in [1.165, 1.54) is 0 Å². The minimum Gasteiger partial charge on any atom is -0.360 e. The summed E-state index contributed by atoms with van der Waals surface area (Å²) in [7, 11) is 0. The van der Waals surface area contributed by atoms with E-state index < -0.39 is 0 Å². The fourth-order valence-corrected chi connectivity index (χ4v) is 2.85. The molecule has 1 aromatic carbocycles. The van der Waals surface area contributed by atoms with Crippen LogP contribution in [0, 0.1) is 0 Å². The number of likely N-dealkylation sites (tertiary alicyclic amines) is 1. The highest BCUT2D eigenvalue weighted by Crippen LogP contribution is 2.13. The van der Waals surface area contributed by atoms with Gasteiger partial charge in [0.15, 0.2) is 10.9 Å². The van der Waals surface area contributed by atoms with Gasteiger partial charge >= 0.3 is 0 Å². The molecule has 0 aliphatic carbocycles. The Kier molecular flexibility index (Phi) is 5.70. The summed E-state index contributed by atoms with van der Waals surface area (Å²) in [5, 5.41) is 7.16. The molecule has 0 radical (unpaired) electrons. The fourth-order valence-electron chi connectivity index (χ4n) is 2.56. The number of thiocarbonyl (C=S) groups is 1. The molecule has 4 nitrogen and oxygen atoms in total. The maximum Gasteiger partial charge on any atom is 0.170 e. The van der Waals surface area contributed by atoms with Crippen LogP contribution in [0.3, 0.4) is 0 Å². The zero-order valence-corrected chi connectivity index (χ0v) is 13.5. The molecule has 0 spiro atoms. The second kappa shape index (κ2) is 7.52. The molecule has 1 heterocycles. The van der Waals surface area contributed by atoms with E-state index >= 15 is 0 Å². The zero-order chi connectivity index (χ0) is 15.2. The van der Waals surface area contributed by atoms with Crippen LogP contribution in [0.4, 0.5) is 5.69 Å². The van der Waals surface area contributed by atoms with E-state index in [4.69, 9.17) is 12.2 Å². The Bertz CT molecular complexity index is 510. The number of Topliss-reactive ketones (excluding diaryl/α,β-unsaturated/α-hetero) is 1. The Morgan fingerprint density at radius 3 is 2.71 bits per heavy atom. The molecule has 1 aliphatic rings. The number of hydrogen-bond donors (Lipinski definition) is 2. The van der Waals surface area contributed by atoms with Crippen molar-refractivity contribution < 1.29 is 4.79 Å². The van der Waals surface area contributed by atoms with Crippen molar-refractivity contribution >= 4 is 28.8 Å². The van der Waals surface area contributed by atoms with E-state index in [-0.39, 0.29) is 5.78 Å². The van der Waals surface area contributed by atoms with Crippen LogP contribution < -0.4 is 10.6 Å². The SMILES string of the molecule is CCN1CCC(NC(=S)Nc2cccc(C(C)=O)c2)CC1. The molecule has 1 saturated heterocycles. The second-order valence-electron chi connectivity index (χ2n) is 5.44. The van der Waals surface area contributed by atoms with E-state index in [2.05, 4.69) is 22.5 Å². The van der Waals surface area contributed by atoms with Crippen molar-refractivity contribution in [2.75, 3.05) is 25.0 Å². The number of carbonyl (C=O) groups is 1. The van der Waals surface area contributed by atoms with Crippen molar-refractivity contribution in [1.82, 2.24) is 10.2 Å². The van der Waals surface area contributed by atoms with Gasteiger partial charge in [-0.25, -0.2) is 0 Å². The average Bonchev–Trinajstić information content (AvgIpc) is 2.48. The van der Waals surface area contributed by atoms with Crippen molar-refractivity contribution in [1.29, 1.82) is 0 Å². The first-order valence-corrected chi connectivity index (χ1v) is 7.90. The van der Waals surface area contributed by atoms with Gasteiger partial charge in [0.1, 0.15) is 0 Å². The molecule has 1 aliphatic heterocycles. The summed E-state index contributed by atoms with van der Waals surface area (Å²) >= 11 is 5.36. The quantitative estimate of drug-likeness (QED) is 0.661. The highest BCUT2D eigenvalue weighted by Gasteiger charge is 2.18. The average molecular weight is 305 g/mol. The van der Waals surface area contributed by atoms with Crippen molar-refractivity contribution in [2.24, 2.45) is 0 Å². The number of hydrogen-bond acceptors (Lipinski definition) is 3. The summed E-state index contributed by atoms with van der Waals surface area (Å²) < 4.78 is 0. The standard InChI is InChI=1S/C16H23N3OS/c1-3-19-9-7-14(8-10-19)17-16(21)18-15-6-4-5-13(11-15)12(2)20/h4-6,11,14H,3,7-10H2,1-2H3,(H2,17,18,21). The molecule has 21 heavy (non-hydrogen) atoms. The number of carbonyl (C=O) groups excluding carboxylic acids is 1. The van der Waals surface area contributed by atoms with E-state index in [0.29, 0.717) is 16.7 Å². The minimum absolute atomic E-state index is 0.0597. The van der Waals surface area contributed by atoms with Crippen LogP contribution in [-0.4, -0.2) is 41.5 Å². The van der Waals surface area contributed by atoms with Crippen molar-refractivity contribution in [3.05, 3.63) is 29.8 Å². The molecule has 1 aromatic rings. The lowest BCUT2D eigenvalue weighted by molar-refractivity contribution is 0.101. The Hall–Kier alpha value is -1.46. The minimum atomic E-state index is 0.0597. The summed E-state index contributed by atoms with van der Waals surface area (Å²) in [5.74, 6) is 0.0597. The summed E-state index contributed by atoms with van der Waals surface area (Å²) in [4.78, 5) is 13.8. The number of ketones is 1. The lowest BCUT2D eigenvalue weighted by atomic mass is 10.1. The third-order valence-electron chi connectivity index (χ3n) is 3.90. The monoisotopic (exact) mass is 305 g/mol. The maximum absolute atomic E-state index is 11.4. The van der Waals surface area contributed by atoms with Gasteiger partial charge in [0.25, 0.3) is 0 Å². The number of nitrogens with one attached hydrogen (secondary N) is 2. The van der Waals surface area contributed by atoms with Crippen molar-refractivity contribution in [3.8, 4) is 0 Å². The number of rotatable bonds is 4. The first-order valence-electron chi connectivity index (χ1n) is 7.49. The third-order valence-corrected chi connectivity index (χ3v) is 4.12.